The summed E-state index contributed by atoms with van der Waals surface area (Å²) in [4.78, 5) is 2.32. The molecular formula is C17H27N3O2S. The van der Waals surface area contributed by atoms with Gasteiger partial charge in [0.1, 0.15) is 0 Å². The third-order valence-electron chi connectivity index (χ3n) is 5.33. The van der Waals surface area contributed by atoms with E-state index in [2.05, 4.69) is 28.8 Å². The van der Waals surface area contributed by atoms with Gasteiger partial charge in [0.25, 0.3) is 10.2 Å². The van der Waals surface area contributed by atoms with Crippen LogP contribution in [-0.4, -0.2) is 57.4 Å². The summed E-state index contributed by atoms with van der Waals surface area (Å²) in [7, 11) is -1.22. The highest BCUT2D eigenvalue weighted by Gasteiger charge is 2.37. The van der Waals surface area contributed by atoms with Gasteiger partial charge in [-0.1, -0.05) is 30.3 Å². The van der Waals surface area contributed by atoms with Crippen molar-refractivity contribution in [2.24, 2.45) is 0 Å². The molecule has 1 aromatic carbocycles. The summed E-state index contributed by atoms with van der Waals surface area (Å²) >= 11 is 0. The average Bonchev–Trinajstić information content (AvgIpc) is 3.11. The molecule has 0 aromatic heterocycles. The normalized spacial score (nSPS) is 23.2. The first-order chi connectivity index (χ1) is 11.0. The molecule has 128 valence electrons. The summed E-state index contributed by atoms with van der Waals surface area (Å²) < 4.78 is 29.5. The lowest BCUT2D eigenvalue weighted by atomic mass is 9.73. The zero-order valence-corrected chi connectivity index (χ0v) is 14.7. The average molecular weight is 337 g/mol. The summed E-state index contributed by atoms with van der Waals surface area (Å²) in [6.07, 6.45) is 3.90. The molecule has 2 fully saturated rings. The number of piperidine rings is 1. The van der Waals surface area contributed by atoms with Gasteiger partial charge in [0.15, 0.2) is 0 Å². The van der Waals surface area contributed by atoms with E-state index in [-0.39, 0.29) is 5.41 Å². The van der Waals surface area contributed by atoms with Crippen molar-refractivity contribution >= 4 is 10.2 Å². The highest BCUT2D eigenvalue weighted by molar-refractivity contribution is 7.87. The van der Waals surface area contributed by atoms with E-state index in [0.29, 0.717) is 19.6 Å². The second kappa shape index (κ2) is 6.89. The Balaban J connectivity index is 1.77. The van der Waals surface area contributed by atoms with Crippen molar-refractivity contribution in [3.05, 3.63) is 35.9 Å². The van der Waals surface area contributed by atoms with E-state index in [9.17, 15) is 8.42 Å². The van der Waals surface area contributed by atoms with Crippen LogP contribution in [0.15, 0.2) is 30.3 Å². The second-order valence-corrected chi connectivity index (χ2v) is 8.64. The molecule has 0 spiro atoms. The zero-order chi connectivity index (χ0) is 16.3. The lowest BCUT2D eigenvalue weighted by molar-refractivity contribution is 0.188. The summed E-state index contributed by atoms with van der Waals surface area (Å²) in [5.74, 6) is 0. The predicted octanol–water partition coefficient (Wildman–Crippen LogP) is 1.58. The van der Waals surface area contributed by atoms with E-state index in [1.165, 1.54) is 5.56 Å². The number of likely N-dealkylation sites (tertiary alicyclic amines) is 1. The molecule has 0 saturated carbocycles. The Morgan fingerprint density at radius 2 is 1.65 bits per heavy atom. The Bertz CT molecular complexity index is 604. The SMILES string of the molecule is CN1CCC(CNS(=O)(=O)N2CCCC2)(c2ccccc2)CC1. The van der Waals surface area contributed by atoms with Crippen molar-refractivity contribution in [3.63, 3.8) is 0 Å². The lowest BCUT2D eigenvalue weighted by Crippen LogP contribution is -2.50. The van der Waals surface area contributed by atoms with Gasteiger partial charge in [0.05, 0.1) is 0 Å². The smallest absolute Gasteiger partial charge is 0.279 e. The molecule has 1 N–H and O–H groups in total. The minimum atomic E-state index is -3.35. The molecule has 6 heteroatoms. The van der Waals surface area contributed by atoms with E-state index < -0.39 is 10.2 Å². The van der Waals surface area contributed by atoms with Gasteiger partial charge in [-0.3, -0.25) is 0 Å². The van der Waals surface area contributed by atoms with Gasteiger partial charge >= 0.3 is 0 Å². The summed E-state index contributed by atoms with van der Waals surface area (Å²) in [5, 5.41) is 0. The Morgan fingerprint density at radius 1 is 1.04 bits per heavy atom. The molecule has 0 amide bonds. The predicted molar refractivity (Wildman–Crippen MR) is 92.6 cm³/mol. The van der Waals surface area contributed by atoms with Gasteiger partial charge in [0, 0.05) is 25.0 Å². The summed E-state index contributed by atoms with van der Waals surface area (Å²) in [6, 6.07) is 10.4. The molecule has 3 rings (SSSR count). The molecule has 23 heavy (non-hydrogen) atoms. The second-order valence-electron chi connectivity index (χ2n) is 6.88. The first-order valence-corrected chi connectivity index (χ1v) is 9.95. The first kappa shape index (κ1) is 16.9. The van der Waals surface area contributed by atoms with Crippen molar-refractivity contribution in [1.82, 2.24) is 13.9 Å². The zero-order valence-electron chi connectivity index (χ0n) is 13.9. The fourth-order valence-electron chi connectivity index (χ4n) is 3.65. The van der Waals surface area contributed by atoms with Crippen molar-refractivity contribution < 1.29 is 8.42 Å². The highest BCUT2D eigenvalue weighted by Crippen LogP contribution is 2.35. The maximum atomic E-state index is 12.5. The number of benzene rings is 1. The van der Waals surface area contributed by atoms with Gasteiger partial charge in [-0.25, -0.2) is 4.72 Å². The fraction of sp³-hybridized carbons (Fsp3) is 0.647. The Kier molecular flexibility index (Phi) is 5.06. The van der Waals surface area contributed by atoms with Gasteiger partial charge < -0.3 is 4.90 Å². The topological polar surface area (TPSA) is 52.7 Å². The van der Waals surface area contributed by atoms with Gasteiger partial charge in [-0.15, -0.1) is 0 Å². The molecule has 5 nitrogen and oxygen atoms in total. The largest absolute Gasteiger partial charge is 0.306 e. The standard InChI is InChI=1S/C17H27N3O2S/c1-19-13-9-17(10-14-19,16-7-3-2-4-8-16)15-18-23(21,22)20-11-5-6-12-20/h2-4,7-8,18H,5-6,9-15H2,1H3. The van der Waals surface area contributed by atoms with Gasteiger partial charge in [-0.2, -0.15) is 12.7 Å². The number of hydrogen-bond acceptors (Lipinski definition) is 3. The molecule has 0 radical (unpaired) electrons. The lowest BCUT2D eigenvalue weighted by Gasteiger charge is -2.41. The minimum Gasteiger partial charge on any atom is -0.306 e. The van der Waals surface area contributed by atoms with Crippen molar-refractivity contribution in [2.45, 2.75) is 31.1 Å². The fourth-order valence-corrected chi connectivity index (χ4v) is 5.04. The Morgan fingerprint density at radius 3 is 2.26 bits per heavy atom. The van der Waals surface area contributed by atoms with Crippen LogP contribution in [0, 0.1) is 0 Å². The van der Waals surface area contributed by atoms with Crippen LogP contribution < -0.4 is 4.72 Å². The van der Waals surface area contributed by atoms with E-state index in [0.717, 1.165) is 38.8 Å². The molecule has 2 aliphatic rings. The first-order valence-electron chi connectivity index (χ1n) is 8.51. The molecule has 0 atom stereocenters. The molecule has 2 heterocycles. The van der Waals surface area contributed by atoms with Crippen LogP contribution in [0.25, 0.3) is 0 Å². The van der Waals surface area contributed by atoms with Crippen molar-refractivity contribution in [2.75, 3.05) is 39.8 Å². The minimum absolute atomic E-state index is 0.0967. The van der Waals surface area contributed by atoms with Gasteiger partial charge in [0.2, 0.25) is 0 Å². The van der Waals surface area contributed by atoms with Crippen LogP contribution >= 0.6 is 0 Å². The number of nitrogens with zero attached hydrogens (tertiary/aromatic N) is 2. The molecule has 0 unspecified atom stereocenters. The molecule has 0 bridgehead atoms. The number of nitrogens with one attached hydrogen (secondary N) is 1. The summed E-state index contributed by atoms with van der Waals surface area (Å²) in [5.41, 5.74) is 1.15. The molecule has 2 saturated heterocycles. The maximum Gasteiger partial charge on any atom is 0.279 e. The van der Waals surface area contributed by atoms with Crippen LogP contribution in [0.4, 0.5) is 0 Å². The Labute approximate surface area is 139 Å². The van der Waals surface area contributed by atoms with E-state index in [1.807, 2.05) is 18.2 Å². The monoisotopic (exact) mass is 337 g/mol. The summed E-state index contributed by atoms with van der Waals surface area (Å²) in [6.45, 7) is 3.79. The maximum absolute atomic E-state index is 12.5. The molecule has 0 aliphatic carbocycles. The quantitative estimate of drug-likeness (QED) is 0.887. The number of hydrogen-bond donors (Lipinski definition) is 1. The van der Waals surface area contributed by atoms with E-state index in [4.69, 9.17) is 0 Å². The molecular weight excluding hydrogens is 310 g/mol. The number of rotatable bonds is 5. The van der Waals surface area contributed by atoms with Crippen molar-refractivity contribution in [3.8, 4) is 0 Å². The van der Waals surface area contributed by atoms with Crippen LogP contribution in [0.5, 0.6) is 0 Å². The third-order valence-corrected chi connectivity index (χ3v) is 6.88. The van der Waals surface area contributed by atoms with Crippen LogP contribution in [-0.2, 0) is 15.6 Å². The van der Waals surface area contributed by atoms with E-state index in [1.54, 1.807) is 4.31 Å². The molecule has 1 aromatic rings. The van der Waals surface area contributed by atoms with Crippen LogP contribution in [0.1, 0.15) is 31.2 Å². The highest BCUT2D eigenvalue weighted by atomic mass is 32.2. The van der Waals surface area contributed by atoms with Gasteiger partial charge in [-0.05, 0) is 51.4 Å². The Hall–Kier alpha value is -0.950. The van der Waals surface area contributed by atoms with Crippen LogP contribution in [0.2, 0.25) is 0 Å². The molecule has 2 aliphatic heterocycles. The third kappa shape index (κ3) is 3.76. The van der Waals surface area contributed by atoms with Crippen LogP contribution in [0.3, 0.4) is 0 Å². The van der Waals surface area contributed by atoms with Crippen molar-refractivity contribution in [1.29, 1.82) is 0 Å². The van der Waals surface area contributed by atoms with E-state index >= 15 is 0 Å².